The van der Waals surface area contributed by atoms with Crippen molar-refractivity contribution in [2.24, 2.45) is 5.92 Å². The second-order valence-electron chi connectivity index (χ2n) is 11.1. The second kappa shape index (κ2) is 13.7. The van der Waals surface area contributed by atoms with Gasteiger partial charge in [0.1, 0.15) is 24.0 Å². The molecule has 5 aromatic rings. The first-order valence-electron chi connectivity index (χ1n) is 15.0. The van der Waals surface area contributed by atoms with E-state index in [1.165, 1.54) is 24.3 Å². The van der Waals surface area contributed by atoms with Gasteiger partial charge in [0.05, 0.1) is 18.8 Å². The molecular weight excluding hydrogens is 552 g/mol. The molecule has 222 valence electrons. The molecule has 0 aliphatic carbocycles. The quantitative estimate of drug-likeness (QED) is 0.145. The summed E-state index contributed by atoms with van der Waals surface area (Å²) in [6.45, 7) is 5.41. The minimum absolute atomic E-state index is 0.0131. The largest absolute Gasteiger partial charge is 0.489 e. The maximum Gasteiger partial charge on any atom is 0.123 e. The predicted octanol–water partition coefficient (Wildman–Crippen LogP) is 9.97. The summed E-state index contributed by atoms with van der Waals surface area (Å²) < 4.78 is 40.0. The van der Waals surface area contributed by atoms with Gasteiger partial charge in [-0.1, -0.05) is 91.5 Å². The predicted molar refractivity (Wildman–Crippen MR) is 171 cm³/mol. The first-order valence-corrected chi connectivity index (χ1v) is 15.0. The average Bonchev–Trinajstić information content (AvgIpc) is 3.06. The summed E-state index contributed by atoms with van der Waals surface area (Å²) in [6.07, 6.45) is 1.33. The van der Waals surface area contributed by atoms with Gasteiger partial charge in [-0.15, -0.1) is 0 Å². The van der Waals surface area contributed by atoms with Crippen LogP contribution >= 0.6 is 0 Å². The molecule has 0 bridgehead atoms. The van der Waals surface area contributed by atoms with Crippen molar-refractivity contribution in [1.82, 2.24) is 0 Å². The monoisotopic (exact) mass is 587 g/mol. The fourth-order valence-corrected chi connectivity index (χ4v) is 5.90. The van der Waals surface area contributed by atoms with E-state index in [1.807, 2.05) is 72.8 Å². The third kappa shape index (κ3) is 6.90. The molecule has 5 aromatic carbocycles. The molecule has 6 rings (SSSR count). The van der Waals surface area contributed by atoms with E-state index in [2.05, 4.69) is 23.6 Å². The van der Waals surface area contributed by atoms with E-state index in [0.717, 1.165) is 52.2 Å². The molecule has 0 spiro atoms. The molecule has 0 aromatic heterocycles. The van der Waals surface area contributed by atoms with Crippen LogP contribution in [0.3, 0.4) is 0 Å². The lowest BCUT2D eigenvalue weighted by atomic mass is 9.76. The van der Waals surface area contributed by atoms with Crippen molar-refractivity contribution in [2.75, 3.05) is 4.90 Å². The third-order valence-electron chi connectivity index (χ3n) is 8.25. The molecule has 44 heavy (non-hydrogen) atoms. The van der Waals surface area contributed by atoms with Gasteiger partial charge in [-0.2, -0.15) is 0 Å². The summed E-state index contributed by atoms with van der Waals surface area (Å²) >= 11 is 0. The Balaban J connectivity index is 1.21. The Bertz CT molecular complexity index is 1640. The Morgan fingerprint density at radius 1 is 0.659 bits per heavy atom. The first-order chi connectivity index (χ1) is 21.5. The van der Waals surface area contributed by atoms with Crippen LogP contribution in [-0.2, 0) is 18.0 Å². The number of rotatable bonds is 12. The fraction of sp³-hybridized carbons (Fsp3) is 0.179. The molecule has 2 unspecified atom stereocenters. The molecule has 0 N–H and O–H groups in total. The lowest BCUT2D eigenvalue weighted by molar-refractivity contribution is 0.0284. The Morgan fingerprint density at radius 3 is 1.84 bits per heavy atom. The highest BCUT2D eigenvalue weighted by Crippen LogP contribution is 2.52. The number of anilines is 1. The number of ether oxygens (including phenoxy) is 2. The van der Waals surface area contributed by atoms with Gasteiger partial charge in [-0.3, -0.25) is 0 Å². The van der Waals surface area contributed by atoms with Crippen LogP contribution in [0.25, 0.3) is 0 Å². The van der Waals surface area contributed by atoms with Crippen LogP contribution in [0, 0.1) is 17.6 Å². The summed E-state index contributed by atoms with van der Waals surface area (Å²) in [5.41, 5.74) is 6.15. The minimum atomic E-state index is -0.273. The SMILES string of the molecule is C=C1[C@@H](CCC(OCc2ccccc2)c2ccc(F)cc2)C(c2ccc(OCc3ccccc3)cc2)N1c1ccc(F)cc1. The Hall–Kier alpha value is -4.74. The van der Waals surface area contributed by atoms with Crippen LogP contribution in [0.2, 0.25) is 0 Å². The van der Waals surface area contributed by atoms with Crippen LogP contribution < -0.4 is 9.64 Å². The summed E-state index contributed by atoms with van der Waals surface area (Å²) in [7, 11) is 0. The van der Waals surface area contributed by atoms with Gasteiger partial charge in [0.25, 0.3) is 0 Å². The highest BCUT2D eigenvalue weighted by atomic mass is 19.1. The van der Waals surface area contributed by atoms with Gasteiger partial charge in [-0.05, 0) is 83.6 Å². The number of halogens is 2. The van der Waals surface area contributed by atoms with Crippen molar-refractivity contribution < 1.29 is 18.3 Å². The van der Waals surface area contributed by atoms with Crippen molar-refractivity contribution >= 4 is 5.69 Å². The van der Waals surface area contributed by atoms with Gasteiger partial charge in [0.15, 0.2) is 0 Å². The number of benzene rings is 5. The maximum absolute atomic E-state index is 13.8. The normalized spacial score (nSPS) is 16.8. The number of hydrogen-bond acceptors (Lipinski definition) is 3. The van der Waals surface area contributed by atoms with Crippen molar-refractivity contribution in [3.63, 3.8) is 0 Å². The summed E-state index contributed by atoms with van der Waals surface area (Å²) in [5.74, 6) is 0.394. The van der Waals surface area contributed by atoms with Gasteiger partial charge in [0.2, 0.25) is 0 Å². The third-order valence-corrected chi connectivity index (χ3v) is 8.25. The molecule has 5 heteroatoms. The van der Waals surface area contributed by atoms with Crippen molar-refractivity contribution in [3.8, 4) is 5.75 Å². The highest BCUT2D eigenvalue weighted by molar-refractivity contribution is 5.61. The molecule has 0 amide bonds. The zero-order chi connectivity index (χ0) is 30.3. The van der Waals surface area contributed by atoms with Crippen LogP contribution in [0.15, 0.2) is 146 Å². The minimum Gasteiger partial charge on any atom is -0.489 e. The van der Waals surface area contributed by atoms with Crippen LogP contribution in [0.4, 0.5) is 14.5 Å². The van der Waals surface area contributed by atoms with Crippen LogP contribution in [-0.4, -0.2) is 0 Å². The smallest absolute Gasteiger partial charge is 0.123 e. The van der Waals surface area contributed by atoms with E-state index >= 15 is 0 Å². The number of hydrogen-bond donors (Lipinski definition) is 0. The van der Waals surface area contributed by atoms with E-state index in [1.54, 1.807) is 24.3 Å². The zero-order valence-corrected chi connectivity index (χ0v) is 24.5. The highest BCUT2D eigenvalue weighted by Gasteiger charge is 2.43. The average molecular weight is 588 g/mol. The Morgan fingerprint density at radius 2 is 1.23 bits per heavy atom. The summed E-state index contributed by atoms with van der Waals surface area (Å²) in [4.78, 5) is 2.18. The Kier molecular flexibility index (Phi) is 9.14. The Labute approximate surface area is 258 Å². The molecule has 0 saturated carbocycles. The molecule has 1 aliphatic heterocycles. The maximum atomic E-state index is 13.8. The van der Waals surface area contributed by atoms with Crippen molar-refractivity contribution in [1.29, 1.82) is 0 Å². The van der Waals surface area contributed by atoms with E-state index in [4.69, 9.17) is 9.47 Å². The molecule has 1 fully saturated rings. The van der Waals surface area contributed by atoms with Gasteiger partial charge in [-0.25, -0.2) is 8.78 Å². The second-order valence-corrected chi connectivity index (χ2v) is 11.1. The first kappa shape index (κ1) is 29.3. The van der Waals surface area contributed by atoms with E-state index < -0.39 is 0 Å². The van der Waals surface area contributed by atoms with Crippen LogP contribution in [0.1, 0.15) is 47.2 Å². The van der Waals surface area contributed by atoms with E-state index in [0.29, 0.717) is 13.2 Å². The molecule has 1 heterocycles. The van der Waals surface area contributed by atoms with E-state index in [-0.39, 0.29) is 29.7 Å². The summed E-state index contributed by atoms with van der Waals surface area (Å²) in [5, 5.41) is 0. The lowest BCUT2D eigenvalue weighted by Crippen LogP contribution is -2.47. The molecule has 3 nitrogen and oxygen atoms in total. The molecular formula is C39H35F2NO2. The molecule has 1 saturated heterocycles. The van der Waals surface area contributed by atoms with Gasteiger partial charge < -0.3 is 14.4 Å². The van der Waals surface area contributed by atoms with Crippen LogP contribution in [0.5, 0.6) is 5.75 Å². The fourth-order valence-electron chi connectivity index (χ4n) is 5.90. The molecule has 3 atom stereocenters. The molecule has 0 radical (unpaired) electrons. The van der Waals surface area contributed by atoms with Gasteiger partial charge in [0, 0.05) is 17.3 Å². The van der Waals surface area contributed by atoms with Crippen molar-refractivity contribution in [3.05, 3.63) is 180 Å². The van der Waals surface area contributed by atoms with E-state index in [9.17, 15) is 8.78 Å². The summed E-state index contributed by atoms with van der Waals surface area (Å²) in [6, 6.07) is 41.5. The zero-order valence-electron chi connectivity index (χ0n) is 24.5. The molecule has 1 aliphatic rings. The lowest BCUT2D eigenvalue weighted by Gasteiger charge is -2.52. The van der Waals surface area contributed by atoms with Gasteiger partial charge >= 0.3 is 0 Å². The standard InChI is InChI=1S/C39H35F2NO2/c1-28-37(24-25-38(31-12-16-33(40)17-13-31)44-27-30-10-6-3-7-11-30)39(42(28)35-20-18-34(41)19-21-35)32-14-22-36(23-15-32)43-26-29-8-4-2-5-9-29/h2-23,37-39H,1,24-27H2/t37-,38?,39?/m1/s1. The van der Waals surface area contributed by atoms with Crippen molar-refractivity contribution in [2.45, 2.75) is 38.2 Å². The number of nitrogens with zero attached hydrogens (tertiary/aromatic N) is 1. The topological polar surface area (TPSA) is 21.7 Å².